The van der Waals surface area contributed by atoms with Gasteiger partial charge in [-0.3, -0.25) is 9.59 Å². The van der Waals surface area contributed by atoms with Crippen LogP contribution in [0.3, 0.4) is 0 Å². The number of carboxylic acid groups (broad SMARTS) is 1. The summed E-state index contributed by atoms with van der Waals surface area (Å²) >= 11 is 10.1. The number of amides is 1. The number of benzene rings is 2. The average molecular weight is 558 g/mol. The molecule has 1 aromatic heterocycles. The fraction of sp³-hybridized carbons (Fsp3) is 0.385. The lowest BCUT2D eigenvalue weighted by Gasteiger charge is -2.38. The highest BCUT2D eigenvalue weighted by molar-refractivity contribution is 9.10. The van der Waals surface area contributed by atoms with E-state index in [4.69, 9.17) is 21.6 Å². The maximum Gasteiger partial charge on any atom is 0.307 e. The zero-order chi connectivity index (χ0) is 24.5. The molecule has 9 heteroatoms. The van der Waals surface area contributed by atoms with Gasteiger partial charge < -0.3 is 14.9 Å². The molecule has 1 aliphatic carbocycles. The van der Waals surface area contributed by atoms with Crippen molar-refractivity contribution < 1.29 is 14.7 Å². The first kappa shape index (κ1) is 24.0. The monoisotopic (exact) mass is 556 g/mol. The Kier molecular flexibility index (Phi) is 6.93. The fourth-order valence-corrected chi connectivity index (χ4v) is 5.76. The minimum atomic E-state index is -0.856. The SMILES string of the molecule is O=C(O)[C@H]1CCCC[C@@H]1C(=O)N1CCN(c2nc(-c3ccccc3Cl)c3cc(Br)ccc3n2)CC1. The Hall–Kier alpha value is -2.71. The van der Waals surface area contributed by atoms with Gasteiger partial charge in [-0.05, 0) is 37.1 Å². The molecule has 2 aromatic carbocycles. The van der Waals surface area contributed by atoms with Crippen molar-refractivity contribution in [2.24, 2.45) is 11.8 Å². The summed E-state index contributed by atoms with van der Waals surface area (Å²) in [4.78, 5) is 38.5. The van der Waals surface area contributed by atoms with Crippen LogP contribution in [0.5, 0.6) is 0 Å². The fourth-order valence-electron chi connectivity index (χ4n) is 5.17. The Labute approximate surface area is 217 Å². The molecule has 0 bridgehead atoms. The minimum absolute atomic E-state index is 0.0298. The summed E-state index contributed by atoms with van der Waals surface area (Å²) in [5, 5.41) is 11.1. The first-order valence-corrected chi connectivity index (χ1v) is 13.1. The summed E-state index contributed by atoms with van der Waals surface area (Å²) in [6, 6.07) is 13.5. The van der Waals surface area contributed by atoms with Gasteiger partial charge in [0.1, 0.15) is 0 Å². The summed E-state index contributed by atoms with van der Waals surface area (Å²) in [5.41, 5.74) is 2.42. The lowest BCUT2D eigenvalue weighted by molar-refractivity contribution is -0.152. The van der Waals surface area contributed by atoms with E-state index in [1.54, 1.807) is 0 Å². The first-order chi connectivity index (χ1) is 16.9. The van der Waals surface area contributed by atoms with E-state index >= 15 is 0 Å². The van der Waals surface area contributed by atoms with Gasteiger partial charge in [-0.2, -0.15) is 0 Å². The van der Waals surface area contributed by atoms with Crippen molar-refractivity contribution in [3.05, 3.63) is 52.0 Å². The number of hydrogen-bond donors (Lipinski definition) is 1. The van der Waals surface area contributed by atoms with E-state index in [0.29, 0.717) is 50.0 Å². The number of rotatable bonds is 4. The van der Waals surface area contributed by atoms with Crippen LogP contribution in [0.4, 0.5) is 5.95 Å². The zero-order valence-electron chi connectivity index (χ0n) is 19.2. The molecule has 182 valence electrons. The second kappa shape index (κ2) is 10.1. The lowest BCUT2D eigenvalue weighted by Crippen LogP contribution is -2.52. The number of piperazine rings is 1. The van der Waals surface area contributed by atoms with Crippen molar-refractivity contribution in [2.45, 2.75) is 25.7 Å². The number of halogens is 2. The van der Waals surface area contributed by atoms with Crippen molar-refractivity contribution in [1.82, 2.24) is 14.9 Å². The molecule has 3 aromatic rings. The van der Waals surface area contributed by atoms with E-state index in [2.05, 4.69) is 20.8 Å². The van der Waals surface area contributed by atoms with Gasteiger partial charge in [-0.25, -0.2) is 9.97 Å². The third-order valence-electron chi connectivity index (χ3n) is 7.05. The standard InChI is InChI=1S/C26H26BrClN4O3/c27-16-9-10-22-20(15-16)23(19-7-3-4-8-21(19)28)30-26(29-22)32-13-11-31(12-14-32)24(33)17-5-1-2-6-18(17)25(34)35/h3-4,7-10,15,17-18H,1-2,5-6,11-14H2,(H,34,35)/t17-,18-/m0/s1. The van der Waals surface area contributed by atoms with Crippen molar-refractivity contribution in [3.63, 3.8) is 0 Å². The number of aromatic nitrogens is 2. The number of nitrogens with zero attached hydrogens (tertiary/aromatic N) is 4. The van der Waals surface area contributed by atoms with E-state index < -0.39 is 17.8 Å². The van der Waals surface area contributed by atoms with Gasteiger partial charge in [0.2, 0.25) is 11.9 Å². The van der Waals surface area contributed by atoms with E-state index in [9.17, 15) is 14.7 Å². The maximum absolute atomic E-state index is 13.2. The maximum atomic E-state index is 13.2. The van der Waals surface area contributed by atoms with E-state index in [1.165, 1.54) is 0 Å². The number of aliphatic carboxylic acids is 1. The Morgan fingerprint density at radius 3 is 2.40 bits per heavy atom. The molecule has 35 heavy (non-hydrogen) atoms. The van der Waals surface area contributed by atoms with Crippen LogP contribution in [-0.2, 0) is 9.59 Å². The molecule has 1 saturated carbocycles. The summed E-state index contributed by atoms with van der Waals surface area (Å²) in [6.45, 7) is 2.20. The normalized spacial score (nSPS) is 20.7. The molecule has 2 heterocycles. The van der Waals surface area contributed by atoms with Crippen LogP contribution in [0.2, 0.25) is 5.02 Å². The molecule has 1 N–H and O–H groups in total. The molecule has 0 radical (unpaired) electrons. The zero-order valence-corrected chi connectivity index (χ0v) is 21.5. The quantitative estimate of drug-likeness (QED) is 0.471. The largest absolute Gasteiger partial charge is 0.481 e. The number of carbonyl (C=O) groups is 2. The third kappa shape index (κ3) is 4.86. The summed E-state index contributed by atoms with van der Waals surface area (Å²) in [7, 11) is 0. The average Bonchev–Trinajstić information content (AvgIpc) is 2.88. The molecule has 7 nitrogen and oxygen atoms in total. The van der Waals surface area contributed by atoms with Crippen molar-refractivity contribution in [3.8, 4) is 11.3 Å². The second-order valence-corrected chi connectivity index (χ2v) is 10.5. The summed E-state index contributed by atoms with van der Waals surface area (Å²) < 4.78 is 0.934. The van der Waals surface area contributed by atoms with Gasteiger partial charge in [0.15, 0.2) is 0 Å². The molecule has 0 spiro atoms. The topological polar surface area (TPSA) is 86.6 Å². The van der Waals surface area contributed by atoms with Gasteiger partial charge in [0.05, 0.1) is 23.0 Å². The van der Waals surface area contributed by atoms with Crippen LogP contribution < -0.4 is 4.90 Å². The van der Waals surface area contributed by atoms with E-state index in [1.807, 2.05) is 47.4 Å². The van der Waals surface area contributed by atoms with Crippen molar-refractivity contribution in [2.75, 3.05) is 31.1 Å². The molecule has 1 saturated heterocycles. The van der Waals surface area contributed by atoms with E-state index in [0.717, 1.165) is 39.5 Å². The molecular weight excluding hydrogens is 532 g/mol. The van der Waals surface area contributed by atoms with Crippen LogP contribution in [-0.4, -0.2) is 58.0 Å². The Morgan fingerprint density at radius 1 is 0.971 bits per heavy atom. The second-order valence-electron chi connectivity index (χ2n) is 9.16. The molecule has 0 unspecified atom stereocenters. The van der Waals surface area contributed by atoms with E-state index in [-0.39, 0.29) is 5.91 Å². The van der Waals surface area contributed by atoms with Crippen LogP contribution in [0.15, 0.2) is 46.9 Å². The van der Waals surface area contributed by atoms with Crippen LogP contribution >= 0.6 is 27.5 Å². The predicted octanol–water partition coefficient (Wildman–Crippen LogP) is 5.25. The Bertz CT molecular complexity index is 1280. The predicted molar refractivity (Wildman–Crippen MR) is 140 cm³/mol. The first-order valence-electron chi connectivity index (χ1n) is 11.9. The smallest absolute Gasteiger partial charge is 0.307 e. The number of carboxylic acids is 1. The molecular formula is C26H26BrClN4O3. The number of carbonyl (C=O) groups excluding carboxylic acids is 1. The summed E-state index contributed by atoms with van der Waals surface area (Å²) in [6.07, 6.45) is 3.02. The van der Waals surface area contributed by atoms with Gasteiger partial charge in [0, 0.05) is 46.6 Å². The third-order valence-corrected chi connectivity index (χ3v) is 7.87. The highest BCUT2D eigenvalue weighted by atomic mass is 79.9. The highest BCUT2D eigenvalue weighted by Gasteiger charge is 2.38. The number of anilines is 1. The molecule has 5 rings (SSSR count). The van der Waals surface area contributed by atoms with Crippen molar-refractivity contribution >= 4 is 56.3 Å². The summed E-state index contributed by atoms with van der Waals surface area (Å²) in [5.74, 6) is -1.28. The molecule has 2 aliphatic rings. The van der Waals surface area contributed by atoms with Gasteiger partial charge in [-0.1, -0.05) is 58.6 Å². The van der Waals surface area contributed by atoms with Gasteiger partial charge in [0.25, 0.3) is 0 Å². The van der Waals surface area contributed by atoms with Crippen molar-refractivity contribution in [1.29, 1.82) is 0 Å². The van der Waals surface area contributed by atoms with Crippen LogP contribution in [0, 0.1) is 11.8 Å². The molecule has 2 fully saturated rings. The van der Waals surface area contributed by atoms with Crippen LogP contribution in [0.25, 0.3) is 22.2 Å². The minimum Gasteiger partial charge on any atom is -0.481 e. The Balaban J connectivity index is 1.39. The van der Waals surface area contributed by atoms with Crippen LogP contribution in [0.1, 0.15) is 25.7 Å². The number of hydrogen-bond acceptors (Lipinski definition) is 5. The number of fused-ring (bicyclic) bond motifs is 1. The lowest BCUT2D eigenvalue weighted by atomic mass is 9.78. The molecule has 1 aliphatic heterocycles. The Morgan fingerprint density at radius 2 is 1.69 bits per heavy atom. The van der Waals surface area contributed by atoms with Gasteiger partial charge >= 0.3 is 5.97 Å². The highest BCUT2D eigenvalue weighted by Crippen LogP contribution is 2.35. The molecule has 2 atom stereocenters. The van der Waals surface area contributed by atoms with Gasteiger partial charge in [-0.15, -0.1) is 0 Å². The molecule has 1 amide bonds.